The van der Waals surface area contributed by atoms with Gasteiger partial charge in [-0.05, 0) is 65.0 Å². The first kappa shape index (κ1) is 29.3. The van der Waals surface area contributed by atoms with Crippen LogP contribution in [0.15, 0.2) is 42.6 Å². The Hall–Kier alpha value is -2.25. The van der Waals surface area contributed by atoms with Crippen LogP contribution in [0.5, 0.6) is 5.75 Å². The minimum atomic E-state index is -4.47. The monoisotopic (exact) mass is 559 g/mol. The standard InChI is InChI=1S/C23H31FN3O8PS/c1-14(2)33-18(28)16(4)26-36(31,35-17-9-7-6-8-10-17)32-13-23(24)19(29)22(5,30)20(34-23)27-12-11-15(3)25-21(27)37/h6-12,14,16,19-20,29-30H,13H2,1-5H3,(H,26,31)/t16-,19?,20+,22+,23+,36?/m0/s1. The van der Waals surface area contributed by atoms with E-state index in [1.54, 1.807) is 45.0 Å². The third-order valence-electron chi connectivity index (χ3n) is 5.45. The van der Waals surface area contributed by atoms with Crippen molar-refractivity contribution in [3.8, 4) is 5.75 Å². The molecule has 0 spiro atoms. The fourth-order valence-corrected chi connectivity index (χ4v) is 5.38. The van der Waals surface area contributed by atoms with E-state index in [1.807, 2.05) is 0 Å². The van der Waals surface area contributed by atoms with Crippen molar-refractivity contribution in [3.05, 3.63) is 53.1 Å². The molecule has 37 heavy (non-hydrogen) atoms. The summed E-state index contributed by atoms with van der Waals surface area (Å²) in [7, 11) is -4.47. The number of aliphatic hydroxyl groups is 2. The maximum atomic E-state index is 16.0. The summed E-state index contributed by atoms with van der Waals surface area (Å²) >= 11 is 5.20. The number of carbonyl (C=O) groups excluding carboxylic acids is 1. The van der Waals surface area contributed by atoms with E-state index in [2.05, 4.69) is 10.1 Å². The second kappa shape index (κ2) is 11.2. The summed E-state index contributed by atoms with van der Waals surface area (Å²) in [5.41, 5.74) is -1.59. The van der Waals surface area contributed by atoms with E-state index >= 15 is 4.39 Å². The van der Waals surface area contributed by atoms with Crippen molar-refractivity contribution < 1.29 is 42.5 Å². The smallest absolute Gasteiger partial charge is 0.459 e. The molecule has 1 aromatic heterocycles. The fraction of sp³-hybridized carbons (Fsp3) is 0.522. The number of carbonyl (C=O) groups is 1. The molecule has 3 N–H and O–H groups in total. The predicted octanol–water partition coefficient (Wildman–Crippen LogP) is 3.36. The molecule has 2 unspecified atom stereocenters. The quantitative estimate of drug-likeness (QED) is 0.224. The van der Waals surface area contributed by atoms with Crippen molar-refractivity contribution in [1.29, 1.82) is 0 Å². The van der Waals surface area contributed by atoms with Gasteiger partial charge in [0.15, 0.2) is 6.23 Å². The van der Waals surface area contributed by atoms with Crippen molar-refractivity contribution in [2.24, 2.45) is 0 Å². The number of nitrogens with zero attached hydrogens (tertiary/aromatic N) is 2. The molecule has 0 aliphatic carbocycles. The third kappa shape index (κ3) is 6.80. The lowest BCUT2D eigenvalue weighted by atomic mass is 9.95. The van der Waals surface area contributed by atoms with Crippen LogP contribution >= 0.6 is 20.0 Å². The number of nitrogens with one attached hydrogen (secondary N) is 1. The van der Waals surface area contributed by atoms with Crippen LogP contribution < -0.4 is 9.61 Å². The third-order valence-corrected chi connectivity index (χ3v) is 7.37. The number of aryl methyl sites for hydroxylation is 1. The Bertz CT molecular complexity index is 1210. The van der Waals surface area contributed by atoms with E-state index in [0.717, 1.165) is 6.92 Å². The van der Waals surface area contributed by atoms with Crippen molar-refractivity contribution in [3.63, 3.8) is 0 Å². The van der Waals surface area contributed by atoms with Crippen molar-refractivity contribution in [2.75, 3.05) is 6.61 Å². The number of hydrogen-bond acceptors (Lipinski definition) is 10. The van der Waals surface area contributed by atoms with Crippen LogP contribution in [0, 0.1) is 11.7 Å². The van der Waals surface area contributed by atoms with Gasteiger partial charge in [-0.2, -0.15) is 5.09 Å². The average Bonchev–Trinajstić information content (AvgIpc) is 2.98. The molecular weight excluding hydrogens is 528 g/mol. The Morgan fingerprint density at radius 2 is 1.97 bits per heavy atom. The average molecular weight is 560 g/mol. The number of aromatic nitrogens is 2. The van der Waals surface area contributed by atoms with Gasteiger partial charge in [0.25, 0.3) is 5.85 Å². The molecule has 0 bridgehead atoms. The zero-order valence-electron chi connectivity index (χ0n) is 21.0. The minimum absolute atomic E-state index is 0.0140. The Morgan fingerprint density at radius 3 is 2.57 bits per heavy atom. The molecule has 1 fully saturated rings. The van der Waals surface area contributed by atoms with E-state index in [4.69, 9.17) is 30.7 Å². The molecule has 0 radical (unpaired) electrons. The van der Waals surface area contributed by atoms with Gasteiger partial charge in [0, 0.05) is 11.9 Å². The summed E-state index contributed by atoms with van der Waals surface area (Å²) < 4.78 is 52.1. The number of alkyl halides is 1. The lowest BCUT2D eigenvalue weighted by Gasteiger charge is -2.29. The van der Waals surface area contributed by atoms with Crippen molar-refractivity contribution in [1.82, 2.24) is 14.6 Å². The molecule has 0 amide bonds. The topological polar surface area (TPSA) is 141 Å². The minimum Gasteiger partial charge on any atom is -0.462 e. The molecule has 3 rings (SSSR count). The highest BCUT2D eigenvalue weighted by Crippen LogP contribution is 2.50. The highest BCUT2D eigenvalue weighted by Gasteiger charge is 2.63. The van der Waals surface area contributed by atoms with Gasteiger partial charge in [-0.15, -0.1) is 0 Å². The second-order valence-corrected chi connectivity index (χ2v) is 11.2. The fourth-order valence-electron chi connectivity index (χ4n) is 3.58. The number of hydrogen-bond donors (Lipinski definition) is 3. The summed E-state index contributed by atoms with van der Waals surface area (Å²) in [6, 6.07) is 8.27. The number of ether oxygens (including phenoxy) is 2. The molecule has 11 nitrogen and oxygen atoms in total. The van der Waals surface area contributed by atoms with Crippen molar-refractivity contribution >= 4 is 25.9 Å². The number of para-hydroxylation sites is 1. The Kier molecular flexibility index (Phi) is 8.90. The van der Waals surface area contributed by atoms with E-state index in [0.29, 0.717) is 5.69 Å². The number of esters is 1. The van der Waals surface area contributed by atoms with Gasteiger partial charge >= 0.3 is 13.7 Å². The molecule has 6 atom stereocenters. The van der Waals surface area contributed by atoms with E-state index in [1.165, 1.54) is 29.8 Å². The highest BCUT2D eigenvalue weighted by molar-refractivity contribution is 7.71. The summed E-state index contributed by atoms with van der Waals surface area (Å²) in [6.45, 7) is 6.37. The van der Waals surface area contributed by atoms with Crippen molar-refractivity contribution in [2.45, 2.75) is 70.6 Å². The first-order valence-electron chi connectivity index (χ1n) is 11.5. The zero-order valence-corrected chi connectivity index (χ0v) is 22.7. The molecular formula is C23H31FN3O8PS. The molecule has 0 saturated carbocycles. The van der Waals surface area contributed by atoms with Crippen LogP contribution in [0.4, 0.5) is 4.39 Å². The Balaban J connectivity index is 1.85. The molecule has 1 aliphatic rings. The van der Waals surface area contributed by atoms with E-state index in [9.17, 15) is 19.6 Å². The maximum absolute atomic E-state index is 16.0. The summed E-state index contributed by atoms with van der Waals surface area (Å²) in [5, 5.41) is 24.0. The molecule has 2 aromatic rings. The first-order valence-corrected chi connectivity index (χ1v) is 13.4. The first-order chi connectivity index (χ1) is 17.2. The number of aliphatic hydroxyl groups excluding tert-OH is 1. The van der Waals surface area contributed by atoms with Crippen LogP contribution in [-0.2, 0) is 23.4 Å². The van der Waals surface area contributed by atoms with Gasteiger partial charge in [-0.3, -0.25) is 13.9 Å². The van der Waals surface area contributed by atoms with E-state index < -0.39 is 56.3 Å². The largest absolute Gasteiger partial charge is 0.462 e. The van der Waals surface area contributed by atoms with Crippen LogP contribution in [0.3, 0.4) is 0 Å². The molecule has 2 heterocycles. The summed E-state index contributed by atoms with van der Waals surface area (Å²) in [6.07, 6.45) is -2.64. The summed E-state index contributed by atoms with van der Waals surface area (Å²) in [4.78, 5) is 16.4. The molecule has 204 valence electrons. The van der Waals surface area contributed by atoms with Crippen LogP contribution in [0.2, 0.25) is 0 Å². The zero-order chi connectivity index (χ0) is 27.6. The lowest BCUT2D eigenvalue weighted by molar-refractivity contribution is -0.203. The van der Waals surface area contributed by atoms with Gasteiger partial charge in [-0.1, -0.05) is 18.2 Å². The predicted molar refractivity (Wildman–Crippen MR) is 133 cm³/mol. The summed E-state index contributed by atoms with van der Waals surface area (Å²) in [5.74, 6) is -3.69. The SMILES string of the molecule is Cc1ccn([C@@H]2O[C@](F)(COP(=O)(N[C@@H](C)C(=O)OC(C)C)Oc3ccccc3)C(O)[C@@]2(C)O)c(=S)n1. The number of halogens is 1. The molecule has 1 aromatic carbocycles. The van der Waals surface area contributed by atoms with Crippen LogP contribution in [0.25, 0.3) is 0 Å². The molecule has 14 heteroatoms. The number of rotatable bonds is 10. The van der Waals surface area contributed by atoms with Crippen LogP contribution in [-0.4, -0.2) is 62.0 Å². The lowest BCUT2D eigenvalue weighted by Crippen LogP contribution is -2.49. The van der Waals surface area contributed by atoms with Gasteiger partial charge < -0.3 is 24.2 Å². The van der Waals surface area contributed by atoms with Gasteiger partial charge in [0.05, 0.1) is 6.10 Å². The molecule has 1 saturated heterocycles. The number of benzene rings is 1. The highest BCUT2D eigenvalue weighted by atomic mass is 32.1. The van der Waals surface area contributed by atoms with Gasteiger partial charge in [0.2, 0.25) is 4.77 Å². The van der Waals surface area contributed by atoms with Gasteiger partial charge in [0.1, 0.15) is 30.1 Å². The van der Waals surface area contributed by atoms with E-state index in [-0.39, 0.29) is 10.5 Å². The second-order valence-electron chi connectivity index (χ2n) is 9.16. The van der Waals surface area contributed by atoms with Gasteiger partial charge in [-0.25, -0.2) is 13.9 Å². The van der Waals surface area contributed by atoms with Crippen LogP contribution in [0.1, 0.15) is 39.6 Å². The maximum Gasteiger partial charge on any atom is 0.459 e. The Labute approximate surface area is 219 Å². The normalized spacial score (nSPS) is 28.0. The Morgan fingerprint density at radius 1 is 1.32 bits per heavy atom. The molecule has 1 aliphatic heterocycles.